The van der Waals surface area contributed by atoms with Gasteiger partial charge in [-0.2, -0.15) is 0 Å². The Kier molecular flexibility index (Phi) is 11.6. The van der Waals surface area contributed by atoms with Crippen molar-refractivity contribution in [2.45, 2.75) is 75.9 Å². The van der Waals surface area contributed by atoms with Gasteiger partial charge in [0.15, 0.2) is 0 Å². The fraction of sp³-hybridized carbons (Fsp3) is 0.421. The summed E-state index contributed by atoms with van der Waals surface area (Å²) in [5, 5.41) is 25.3. The number of H-pyrrole nitrogens is 2. The van der Waals surface area contributed by atoms with Crippen molar-refractivity contribution in [1.82, 2.24) is 40.4 Å². The standard InChI is InChI=1S/C38H46N8O8/c1-21(47)31(43-37(51)53-3)35(49)45-17-5-7-29(45)33-39-19-27(41-33)25-13-9-23(10-14-25)24-11-15-26(16-12-24)28-20-40-34(42-28)30-8-6-18-46(30)36(50)32(22(2)48)44-38(52)54-4/h9-16,19-22,29-32,47-48H,5-8,17-18H2,1-4H3,(H,39,41)(H,40,42)(H,43,51)(H,44,52)/t21-,22-,29+,30+,31+,32+/m1/s1. The molecule has 0 unspecified atom stereocenters. The molecule has 2 aliphatic heterocycles. The number of alkyl carbamates (subject to hydrolysis) is 2. The Labute approximate surface area is 312 Å². The van der Waals surface area contributed by atoms with Gasteiger partial charge in [-0.3, -0.25) is 9.59 Å². The largest absolute Gasteiger partial charge is 0.453 e. The summed E-state index contributed by atoms with van der Waals surface area (Å²) >= 11 is 0. The Bertz CT molecular complexity index is 1800. The zero-order chi connectivity index (χ0) is 38.5. The van der Waals surface area contributed by atoms with Gasteiger partial charge in [0, 0.05) is 13.1 Å². The highest BCUT2D eigenvalue weighted by atomic mass is 16.5. The quantitative estimate of drug-likeness (QED) is 0.131. The van der Waals surface area contributed by atoms with Crippen molar-refractivity contribution >= 4 is 24.0 Å². The molecule has 0 saturated carbocycles. The third-order valence-corrected chi connectivity index (χ3v) is 10.0. The van der Waals surface area contributed by atoms with Gasteiger partial charge >= 0.3 is 12.2 Å². The SMILES string of the molecule is COC(=O)N[C@H](C(=O)N1CCC[C@H]1c1ncc(-c2ccc(-c3ccc(-c4cnc([C@@H]5CCCN5C(=O)[C@@H](NC(=O)OC)[C@@H](C)O)[nH]4)cc3)cc2)[nH]1)[C@@H](C)O. The number of rotatable bonds is 11. The van der Waals surface area contributed by atoms with E-state index in [1.54, 1.807) is 22.2 Å². The lowest BCUT2D eigenvalue weighted by molar-refractivity contribution is -0.137. The summed E-state index contributed by atoms with van der Waals surface area (Å²) < 4.78 is 9.27. The van der Waals surface area contributed by atoms with E-state index in [0.29, 0.717) is 37.6 Å². The van der Waals surface area contributed by atoms with E-state index >= 15 is 0 Å². The number of nitrogens with zero attached hydrogens (tertiary/aromatic N) is 4. The molecule has 0 spiro atoms. The average molecular weight is 743 g/mol. The van der Waals surface area contributed by atoms with E-state index in [-0.39, 0.29) is 12.1 Å². The normalized spacial score (nSPS) is 19.1. The van der Waals surface area contributed by atoms with Gasteiger partial charge in [0.1, 0.15) is 23.7 Å². The van der Waals surface area contributed by atoms with E-state index in [1.165, 1.54) is 28.1 Å². The molecular formula is C38H46N8O8. The van der Waals surface area contributed by atoms with Crippen LogP contribution < -0.4 is 10.6 Å². The molecule has 6 rings (SSSR count). The molecule has 2 aliphatic rings. The number of amides is 4. The zero-order valence-corrected chi connectivity index (χ0v) is 30.6. The Hall–Kier alpha value is -5.74. The molecule has 2 saturated heterocycles. The predicted molar refractivity (Wildman–Crippen MR) is 196 cm³/mol. The number of carbonyl (C=O) groups is 4. The number of methoxy groups -OCH3 is 2. The topological polar surface area (TPSA) is 215 Å². The lowest BCUT2D eigenvalue weighted by Gasteiger charge is -2.29. The second-order valence-electron chi connectivity index (χ2n) is 13.6. The van der Waals surface area contributed by atoms with Gasteiger partial charge in [0.2, 0.25) is 11.8 Å². The molecule has 4 amide bonds. The van der Waals surface area contributed by atoms with Crippen molar-refractivity contribution in [2.75, 3.05) is 27.3 Å². The van der Waals surface area contributed by atoms with E-state index in [1.807, 2.05) is 48.5 Å². The number of carbonyl (C=O) groups excluding carboxylic acids is 4. The second kappa shape index (κ2) is 16.5. The first kappa shape index (κ1) is 38.0. The minimum absolute atomic E-state index is 0.326. The lowest BCUT2D eigenvalue weighted by Crippen LogP contribution is -2.53. The van der Waals surface area contributed by atoms with Crippen LogP contribution in [0.15, 0.2) is 60.9 Å². The van der Waals surface area contributed by atoms with E-state index in [0.717, 1.165) is 46.5 Å². The molecule has 4 heterocycles. The summed E-state index contributed by atoms with van der Waals surface area (Å²) in [6.07, 6.45) is 2.58. The van der Waals surface area contributed by atoms with Crippen molar-refractivity contribution < 1.29 is 38.9 Å². The van der Waals surface area contributed by atoms with Crippen molar-refractivity contribution in [3.63, 3.8) is 0 Å². The van der Waals surface area contributed by atoms with Crippen molar-refractivity contribution in [3.8, 4) is 33.6 Å². The van der Waals surface area contributed by atoms with Crippen LogP contribution in [0.3, 0.4) is 0 Å². The highest BCUT2D eigenvalue weighted by Crippen LogP contribution is 2.35. The number of aromatic nitrogens is 4. The molecule has 2 aromatic carbocycles. The first-order valence-corrected chi connectivity index (χ1v) is 18.0. The number of aliphatic hydroxyl groups excluding tert-OH is 2. The Morgan fingerprint density at radius 1 is 0.667 bits per heavy atom. The summed E-state index contributed by atoms with van der Waals surface area (Å²) in [7, 11) is 2.40. The van der Waals surface area contributed by atoms with Gasteiger partial charge in [-0.05, 0) is 61.8 Å². The van der Waals surface area contributed by atoms with Crippen LogP contribution in [0.25, 0.3) is 33.6 Å². The van der Waals surface area contributed by atoms with Gasteiger partial charge in [-0.25, -0.2) is 19.6 Å². The van der Waals surface area contributed by atoms with Gasteiger partial charge in [0.25, 0.3) is 0 Å². The maximum Gasteiger partial charge on any atom is 0.407 e. The van der Waals surface area contributed by atoms with Crippen LogP contribution in [0.4, 0.5) is 9.59 Å². The van der Waals surface area contributed by atoms with Gasteiger partial charge < -0.3 is 50.1 Å². The Morgan fingerprint density at radius 3 is 1.35 bits per heavy atom. The van der Waals surface area contributed by atoms with E-state index < -0.39 is 48.3 Å². The van der Waals surface area contributed by atoms with Crippen molar-refractivity contribution in [1.29, 1.82) is 0 Å². The van der Waals surface area contributed by atoms with E-state index in [4.69, 9.17) is 0 Å². The molecule has 16 nitrogen and oxygen atoms in total. The minimum atomic E-state index is -1.14. The minimum Gasteiger partial charge on any atom is -0.453 e. The van der Waals surface area contributed by atoms with Gasteiger partial charge in [0.05, 0.1) is 62.3 Å². The fourth-order valence-corrected chi connectivity index (χ4v) is 7.13. The maximum absolute atomic E-state index is 13.4. The average Bonchev–Trinajstić information content (AvgIpc) is 4.02. The number of hydrogen-bond donors (Lipinski definition) is 6. The maximum atomic E-state index is 13.4. The van der Waals surface area contributed by atoms with Gasteiger partial charge in [-0.1, -0.05) is 48.5 Å². The molecule has 54 heavy (non-hydrogen) atoms. The Morgan fingerprint density at radius 2 is 1.02 bits per heavy atom. The smallest absolute Gasteiger partial charge is 0.407 e. The number of aliphatic hydroxyl groups is 2. The molecule has 286 valence electrons. The van der Waals surface area contributed by atoms with Crippen LogP contribution in [0.5, 0.6) is 0 Å². The third kappa shape index (κ3) is 8.09. The highest BCUT2D eigenvalue weighted by molar-refractivity contribution is 5.87. The van der Waals surface area contributed by atoms with Crippen LogP contribution in [0.2, 0.25) is 0 Å². The third-order valence-electron chi connectivity index (χ3n) is 10.0. The number of nitrogens with one attached hydrogen (secondary N) is 4. The fourth-order valence-electron chi connectivity index (χ4n) is 7.13. The molecule has 6 atom stereocenters. The van der Waals surface area contributed by atoms with Crippen molar-refractivity contribution in [2.24, 2.45) is 0 Å². The molecule has 0 aliphatic carbocycles. The molecule has 0 bridgehead atoms. The zero-order valence-electron chi connectivity index (χ0n) is 30.6. The predicted octanol–water partition coefficient (Wildman–Crippen LogP) is 3.67. The molecular weight excluding hydrogens is 696 g/mol. The van der Waals surface area contributed by atoms with Crippen molar-refractivity contribution in [3.05, 3.63) is 72.6 Å². The lowest BCUT2D eigenvalue weighted by atomic mass is 10.0. The number of ether oxygens (including phenoxy) is 2. The molecule has 0 radical (unpaired) electrons. The second-order valence-corrected chi connectivity index (χ2v) is 13.6. The van der Waals surface area contributed by atoms with Crippen LogP contribution in [-0.2, 0) is 19.1 Å². The first-order valence-electron chi connectivity index (χ1n) is 18.0. The number of likely N-dealkylation sites (tertiary alicyclic amines) is 2. The summed E-state index contributed by atoms with van der Waals surface area (Å²) in [5.41, 5.74) is 5.46. The summed E-state index contributed by atoms with van der Waals surface area (Å²) in [6.45, 7) is 3.85. The summed E-state index contributed by atoms with van der Waals surface area (Å²) in [6, 6.07) is 13.2. The molecule has 2 aromatic heterocycles. The summed E-state index contributed by atoms with van der Waals surface area (Å²) in [4.78, 5) is 69.5. The van der Waals surface area contributed by atoms with E-state index in [9.17, 15) is 29.4 Å². The first-order chi connectivity index (χ1) is 26.0. The van der Waals surface area contributed by atoms with Gasteiger partial charge in [-0.15, -0.1) is 0 Å². The number of benzene rings is 2. The molecule has 4 aromatic rings. The molecule has 16 heteroatoms. The van der Waals surface area contributed by atoms with Crippen LogP contribution in [0.1, 0.15) is 63.3 Å². The van der Waals surface area contributed by atoms with Crippen LogP contribution in [0, 0.1) is 0 Å². The summed E-state index contributed by atoms with van der Waals surface area (Å²) in [5.74, 6) is 0.465. The number of hydrogen-bond acceptors (Lipinski definition) is 10. The monoisotopic (exact) mass is 742 g/mol. The molecule has 2 fully saturated rings. The van der Waals surface area contributed by atoms with E-state index in [2.05, 4.69) is 40.0 Å². The highest BCUT2D eigenvalue weighted by Gasteiger charge is 2.39. The number of aromatic amines is 2. The number of imidazole rings is 2. The van der Waals surface area contributed by atoms with Crippen LogP contribution in [-0.4, -0.2) is 116 Å². The Balaban J connectivity index is 1.11. The van der Waals surface area contributed by atoms with Crippen LogP contribution >= 0.6 is 0 Å². The molecule has 6 N–H and O–H groups in total.